The fourth-order valence-electron chi connectivity index (χ4n) is 1.06. The highest BCUT2D eigenvalue weighted by atomic mass is 35.5. The Morgan fingerprint density at radius 3 is 2.79 bits per heavy atom. The van der Waals surface area contributed by atoms with Crippen molar-refractivity contribution in [3.8, 4) is 12.3 Å². The van der Waals surface area contributed by atoms with E-state index in [0.717, 1.165) is 5.56 Å². The van der Waals surface area contributed by atoms with Crippen molar-refractivity contribution in [2.24, 2.45) is 0 Å². The molecule has 0 spiro atoms. The highest BCUT2D eigenvalue weighted by Crippen LogP contribution is 2.16. The lowest BCUT2D eigenvalue weighted by Gasteiger charge is -2.14. The van der Waals surface area contributed by atoms with Gasteiger partial charge in [-0.15, -0.1) is 6.42 Å². The summed E-state index contributed by atoms with van der Waals surface area (Å²) in [4.78, 5) is 12.5. The van der Waals surface area contributed by atoms with E-state index in [2.05, 4.69) is 0 Å². The molecule has 0 aliphatic heterocycles. The Hall–Kier alpha value is -1.46. The minimum atomic E-state index is -0.343. The average molecular weight is 208 g/mol. The van der Waals surface area contributed by atoms with Gasteiger partial charge in [-0.2, -0.15) is 0 Å². The van der Waals surface area contributed by atoms with Gasteiger partial charge in [0.15, 0.2) is 0 Å². The second-order valence-corrected chi connectivity index (χ2v) is 3.30. The molecule has 0 aliphatic carbocycles. The Labute approximate surface area is 88.5 Å². The quantitative estimate of drug-likeness (QED) is 0.679. The number of carbonyl (C=O) groups is 1. The maximum Gasteiger partial charge on any atom is 0.298 e. The lowest BCUT2D eigenvalue weighted by atomic mass is 10.2. The summed E-state index contributed by atoms with van der Waals surface area (Å²) < 4.78 is 0. The van der Waals surface area contributed by atoms with Crippen LogP contribution in [0.15, 0.2) is 24.3 Å². The molecule has 0 aliphatic rings. The number of hydrogen-bond donors (Lipinski definition) is 0. The van der Waals surface area contributed by atoms with Crippen molar-refractivity contribution in [3.05, 3.63) is 34.9 Å². The van der Waals surface area contributed by atoms with Crippen molar-refractivity contribution in [2.45, 2.75) is 6.54 Å². The fourth-order valence-corrected chi connectivity index (χ4v) is 1.26. The minimum Gasteiger partial charge on any atom is -0.331 e. The number of hydrogen-bond acceptors (Lipinski definition) is 1. The van der Waals surface area contributed by atoms with Crippen LogP contribution in [0.25, 0.3) is 0 Å². The van der Waals surface area contributed by atoms with Crippen LogP contribution in [0.2, 0.25) is 5.02 Å². The van der Waals surface area contributed by atoms with E-state index in [-0.39, 0.29) is 5.91 Å². The van der Waals surface area contributed by atoms with Crippen molar-refractivity contribution in [1.82, 2.24) is 4.90 Å². The molecule has 14 heavy (non-hydrogen) atoms. The maximum absolute atomic E-state index is 11.1. The third-order valence-electron chi connectivity index (χ3n) is 1.84. The highest BCUT2D eigenvalue weighted by Gasteiger charge is 2.07. The van der Waals surface area contributed by atoms with E-state index >= 15 is 0 Å². The van der Waals surface area contributed by atoms with E-state index in [9.17, 15) is 4.79 Å². The minimum absolute atomic E-state index is 0.343. The van der Waals surface area contributed by atoms with Gasteiger partial charge in [-0.25, -0.2) is 0 Å². The van der Waals surface area contributed by atoms with Gasteiger partial charge >= 0.3 is 0 Å². The molecule has 0 aromatic heterocycles. The first-order chi connectivity index (χ1) is 6.65. The maximum atomic E-state index is 11.1. The topological polar surface area (TPSA) is 20.3 Å². The first-order valence-electron chi connectivity index (χ1n) is 4.10. The molecule has 0 fully saturated rings. The molecule has 0 saturated heterocycles. The Morgan fingerprint density at radius 2 is 2.21 bits per heavy atom. The van der Waals surface area contributed by atoms with Gasteiger partial charge in [-0.3, -0.25) is 4.79 Å². The average Bonchev–Trinajstić information content (AvgIpc) is 2.20. The highest BCUT2D eigenvalue weighted by molar-refractivity contribution is 6.31. The zero-order valence-electron chi connectivity index (χ0n) is 7.83. The van der Waals surface area contributed by atoms with Crippen LogP contribution < -0.4 is 0 Å². The number of nitrogens with zero attached hydrogens (tertiary/aromatic N) is 1. The molecule has 0 unspecified atom stereocenters. The van der Waals surface area contributed by atoms with E-state index in [1.165, 1.54) is 4.90 Å². The molecule has 1 rings (SSSR count). The normalized spacial score (nSPS) is 9.21. The molecule has 0 saturated carbocycles. The Bertz CT molecular complexity index is 381. The van der Waals surface area contributed by atoms with Gasteiger partial charge in [-0.05, 0) is 17.6 Å². The monoisotopic (exact) mass is 207 g/mol. The second-order valence-electron chi connectivity index (χ2n) is 2.90. The number of halogens is 1. The molecule has 0 heterocycles. The lowest BCUT2D eigenvalue weighted by molar-refractivity contribution is -0.124. The first kappa shape index (κ1) is 10.6. The molecule has 0 radical (unpaired) electrons. The van der Waals surface area contributed by atoms with Crippen molar-refractivity contribution >= 4 is 17.5 Å². The Balaban J connectivity index is 2.75. The summed E-state index contributed by atoms with van der Waals surface area (Å²) >= 11 is 5.93. The van der Waals surface area contributed by atoms with Crippen LogP contribution in [0.1, 0.15) is 5.56 Å². The van der Waals surface area contributed by atoms with Crippen LogP contribution in [0, 0.1) is 12.3 Å². The summed E-state index contributed by atoms with van der Waals surface area (Å²) in [5.41, 5.74) is 0.889. The molecule has 1 aromatic rings. The van der Waals surface area contributed by atoms with Crippen molar-refractivity contribution < 1.29 is 4.79 Å². The predicted molar refractivity (Wildman–Crippen MR) is 56.8 cm³/mol. The van der Waals surface area contributed by atoms with Crippen molar-refractivity contribution in [3.63, 3.8) is 0 Å². The van der Waals surface area contributed by atoms with Gasteiger partial charge in [0, 0.05) is 18.6 Å². The molecule has 3 heteroatoms. The van der Waals surface area contributed by atoms with E-state index in [0.29, 0.717) is 11.6 Å². The standard InChI is InChI=1S/C11H10ClNO/c1-3-11(14)13(2)8-9-6-4-5-7-10(9)12/h1,4-7H,8H2,2H3. The molecule has 0 bridgehead atoms. The van der Waals surface area contributed by atoms with Crippen molar-refractivity contribution in [2.75, 3.05) is 7.05 Å². The SMILES string of the molecule is C#CC(=O)N(C)Cc1ccccc1Cl. The third-order valence-corrected chi connectivity index (χ3v) is 2.20. The summed E-state index contributed by atoms with van der Waals surface area (Å²) in [6.45, 7) is 0.433. The molecule has 1 amide bonds. The number of rotatable bonds is 2. The van der Waals surface area contributed by atoms with E-state index in [1.807, 2.05) is 24.1 Å². The fraction of sp³-hybridized carbons (Fsp3) is 0.182. The molecule has 1 aromatic carbocycles. The first-order valence-corrected chi connectivity index (χ1v) is 4.48. The van der Waals surface area contributed by atoms with E-state index in [4.69, 9.17) is 18.0 Å². The number of terminal acetylenes is 1. The summed E-state index contributed by atoms with van der Waals surface area (Å²) in [6, 6.07) is 7.36. The van der Waals surface area contributed by atoms with Crippen LogP contribution in [-0.4, -0.2) is 17.9 Å². The Kier molecular flexibility index (Phi) is 3.55. The van der Waals surface area contributed by atoms with Gasteiger partial charge in [0.25, 0.3) is 5.91 Å². The number of amides is 1. The van der Waals surface area contributed by atoms with Gasteiger partial charge in [0.2, 0.25) is 0 Å². The smallest absolute Gasteiger partial charge is 0.298 e. The van der Waals surface area contributed by atoms with Gasteiger partial charge < -0.3 is 4.90 Å². The van der Waals surface area contributed by atoms with Crippen LogP contribution in [-0.2, 0) is 11.3 Å². The van der Waals surface area contributed by atoms with Gasteiger partial charge in [0.05, 0.1) is 0 Å². The Morgan fingerprint density at radius 1 is 1.57 bits per heavy atom. The second kappa shape index (κ2) is 4.69. The van der Waals surface area contributed by atoms with Crippen LogP contribution in [0.4, 0.5) is 0 Å². The molecular formula is C11H10ClNO. The van der Waals surface area contributed by atoms with Gasteiger partial charge in [-0.1, -0.05) is 29.8 Å². The predicted octanol–water partition coefficient (Wildman–Crippen LogP) is 1.93. The third kappa shape index (κ3) is 2.51. The van der Waals surface area contributed by atoms with Crippen molar-refractivity contribution in [1.29, 1.82) is 0 Å². The summed E-state index contributed by atoms with van der Waals surface area (Å²) in [5.74, 6) is 1.71. The lowest BCUT2D eigenvalue weighted by Crippen LogP contribution is -2.24. The van der Waals surface area contributed by atoms with E-state index in [1.54, 1.807) is 13.1 Å². The molecule has 2 nitrogen and oxygen atoms in total. The molecule has 0 N–H and O–H groups in total. The number of benzene rings is 1. The zero-order valence-corrected chi connectivity index (χ0v) is 8.58. The van der Waals surface area contributed by atoms with Crippen LogP contribution >= 0.6 is 11.6 Å². The number of carbonyl (C=O) groups excluding carboxylic acids is 1. The molecular weight excluding hydrogens is 198 g/mol. The van der Waals surface area contributed by atoms with Crippen LogP contribution in [0.5, 0.6) is 0 Å². The zero-order chi connectivity index (χ0) is 10.6. The summed E-state index contributed by atoms with van der Waals surface area (Å²) in [5, 5.41) is 0.643. The summed E-state index contributed by atoms with van der Waals surface area (Å²) in [7, 11) is 1.64. The van der Waals surface area contributed by atoms with Crippen LogP contribution in [0.3, 0.4) is 0 Å². The summed E-state index contributed by atoms with van der Waals surface area (Å²) in [6.07, 6.45) is 4.99. The molecule has 72 valence electrons. The largest absolute Gasteiger partial charge is 0.331 e. The van der Waals surface area contributed by atoms with E-state index < -0.39 is 0 Å². The van der Waals surface area contributed by atoms with Gasteiger partial charge in [0.1, 0.15) is 0 Å². The molecule has 0 atom stereocenters.